The number of methoxy groups -OCH3 is 1. The topological polar surface area (TPSA) is 85.4 Å². The second-order valence-corrected chi connectivity index (χ2v) is 10.4. The number of benzene rings is 2. The first-order valence-corrected chi connectivity index (χ1v) is 12.5. The maximum absolute atomic E-state index is 13.1. The molecule has 33 heavy (non-hydrogen) atoms. The Morgan fingerprint density at radius 1 is 1.09 bits per heavy atom. The van der Waals surface area contributed by atoms with Gasteiger partial charge in [-0.25, -0.2) is 8.42 Å². The number of ether oxygens (including phenoxy) is 3. The summed E-state index contributed by atoms with van der Waals surface area (Å²) in [4.78, 5) is 14.9. The van der Waals surface area contributed by atoms with Gasteiger partial charge in [0.2, 0.25) is 15.9 Å². The van der Waals surface area contributed by atoms with Crippen LogP contribution in [0, 0.1) is 12.8 Å². The van der Waals surface area contributed by atoms with Crippen LogP contribution in [-0.2, 0) is 21.4 Å². The molecule has 0 unspecified atom stereocenters. The second-order valence-electron chi connectivity index (χ2n) is 8.49. The van der Waals surface area contributed by atoms with Crippen molar-refractivity contribution in [2.45, 2.75) is 31.2 Å². The Kier molecular flexibility index (Phi) is 6.81. The third-order valence-electron chi connectivity index (χ3n) is 6.17. The molecule has 2 aromatic carbocycles. The van der Waals surface area contributed by atoms with E-state index in [2.05, 4.69) is 0 Å². The predicted molar refractivity (Wildman–Crippen MR) is 123 cm³/mol. The van der Waals surface area contributed by atoms with E-state index in [1.165, 1.54) is 10.4 Å². The molecule has 0 saturated carbocycles. The average Bonchev–Trinajstić information content (AvgIpc) is 2.83. The minimum Gasteiger partial charge on any atom is -0.496 e. The highest BCUT2D eigenvalue weighted by atomic mass is 32.2. The monoisotopic (exact) mass is 474 g/mol. The zero-order valence-corrected chi connectivity index (χ0v) is 20.1. The molecule has 0 aliphatic carbocycles. The van der Waals surface area contributed by atoms with E-state index < -0.39 is 10.0 Å². The van der Waals surface area contributed by atoms with Crippen molar-refractivity contribution in [2.24, 2.45) is 5.92 Å². The molecule has 0 N–H and O–H groups in total. The molecule has 0 aromatic heterocycles. The summed E-state index contributed by atoms with van der Waals surface area (Å²) in [7, 11) is -0.272. The molecule has 9 heteroatoms. The van der Waals surface area contributed by atoms with Crippen molar-refractivity contribution in [2.75, 3.05) is 40.5 Å². The van der Waals surface area contributed by atoms with Crippen LogP contribution in [0.1, 0.15) is 24.0 Å². The second kappa shape index (κ2) is 9.61. The van der Waals surface area contributed by atoms with Crippen LogP contribution < -0.4 is 14.2 Å². The molecule has 0 bridgehead atoms. The molecule has 2 aromatic rings. The lowest BCUT2D eigenvalue weighted by atomic mass is 9.96. The smallest absolute Gasteiger partial charge is 0.243 e. The van der Waals surface area contributed by atoms with Gasteiger partial charge in [-0.1, -0.05) is 17.7 Å². The number of piperidine rings is 1. The zero-order valence-electron chi connectivity index (χ0n) is 19.2. The summed E-state index contributed by atoms with van der Waals surface area (Å²) < 4.78 is 44.2. The maximum atomic E-state index is 13.1. The van der Waals surface area contributed by atoms with E-state index in [1.807, 2.05) is 25.1 Å². The normalized spacial score (nSPS) is 16.9. The van der Waals surface area contributed by atoms with Gasteiger partial charge < -0.3 is 19.1 Å². The molecule has 0 atom stereocenters. The van der Waals surface area contributed by atoms with Crippen LogP contribution in [0.2, 0.25) is 0 Å². The SMILES string of the molecule is COc1ccc(C)cc1CN(C)C(=O)C1CCN(S(=O)(=O)c2ccc3c(c2)OCCO3)CC1. The Morgan fingerprint density at radius 3 is 2.48 bits per heavy atom. The summed E-state index contributed by atoms with van der Waals surface area (Å²) in [5.41, 5.74) is 2.05. The molecule has 2 aliphatic heterocycles. The van der Waals surface area contributed by atoms with E-state index in [4.69, 9.17) is 14.2 Å². The summed E-state index contributed by atoms with van der Waals surface area (Å²) >= 11 is 0. The largest absolute Gasteiger partial charge is 0.496 e. The van der Waals surface area contributed by atoms with Gasteiger partial charge in [0.05, 0.1) is 12.0 Å². The van der Waals surface area contributed by atoms with Crippen LogP contribution in [-0.4, -0.2) is 64.0 Å². The van der Waals surface area contributed by atoms with Gasteiger partial charge in [0.25, 0.3) is 0 Å². The Morgan fingerprint density at radius 2 is 1.79 bits per heavy atom. The quantitative estimate of drug-likeness (QED) is 0.640. The van der Waals surface area contributed by atoms with Gasteiger partial charge in [-0.3, -0.25) is 4.79 Å². The molecule has 178 valence electrons. The fourth-order valence-electron chi connectivity index (χ4n) is 4.35. The Bertz CT molecular complexity index is 1130. The molecule has 4 rings (SSSR count). The van der Waals surface area contributed by atoms with Crippen molar-refractivity contribution >= 4 is 15.9 Å². The molecular weight excluding hydrogens is 444 g/mol. The fraction of sp³-hybridized carbons (Fsp3) is 0.458. The van der Waals surface area contributed by atoms with Crippen LogP contribution in [0.25, 0.3) is 0 Å². The fourth-order valence-corrected chi connectivity index (χ4v) is 5.84. The lowest BCUT2D eigenvalue weighted by Crippen LogP contribution is -2.43. The summed E-state index contributed by atoms with van der Waals surface area (Å²) in [6, 6.07) is 10.6. The van der Waals surface area contributed by atoms with Crippen LogP contribution in [0.15, 0.2) is 41.3 Å². The van der Waals surface area contributed by atoms with E-state index in [0.717, 1.165) is 16.9 Å². The van der Waals surface area contributed by atoms with Crippen molar-refractivity contribution in [1.82, 2.24) is 9.21 Å². The van der Waals surface area contributed by atoms with Crippen molar-refractivity contribution in [3.8, 4) is 17.2 Å². The summed E-state index contributed by atoms with van der Waals surface area (Å²) in [6.07, 6.45) is 0.968. The number of hydrogen-bond donors (Lipinski definition) is 0. The van der Waals surface area contributed by atoms with Gasteiger partial charge in [0.1, 0.15) is 19.0 Å². The number of aryl methyl sites for hydroxylation is 1. The highest BCUT2D eigenvalue weighted by molar-refractivity contribution is 7.89. The Labute approximate surface area is 195 Å². The molecular formula is C24H30N2O6S. The number of rotatable bonds is 6. The summed E-state index contributed by atoms with van der Waals surface area (Å²) in [6.45, 7) is 3.89. The van der Waals surface area contributed by atoms with Crippen molar-refractivity contribution in [3.63, 3.8) is 0 Å². The van der Waals surface area contributed by atoms with E-state index in [0.29, 0.717) is 57.2 Å². The van der Waals surface area contributed by atoms with Crippen LogP contribution in [0.5, 0.6) is 17.2 Å². The first-order valence-electron chi connectivity index (χ1n) is 11.1. The molecule has 2 heterocycles. The molecule has 8 nitrogen and oxygen atoms in total. The predicted octanol–water partition coefficient (Wildman–Crippen LogP) is 2.83. The van der Waals surface area contributed by atoms with Gasteiger partial charge in [0.15, 0.2) is 11.5 Å². The molecule has 1 amide bonds. The Hall–Kier alpha value is -2.78. The van der Waals surface area contributed by atoms with Gasteiger partial charge in [-0.15, -0.1) is 0 Å². The number of sulfonamides is 1. The molecule has 2 aliphatic rings. The third kappa shape index (κ3) is 4.94. The number of amides is 1. The Balaban J connectivity index is 1.39. The number of hydrogen-bond acceptors (Lipinski definition) is 6. The highest BCUT2D eigenvalue weighted by Crippen LogP contribution is 2.34. The zero-order chi connectivity index (χ0) is 23.6. The minimum absolute atomic E-state index is 0.0231. The number of carbonyl (C=O) groups is 1. The van der Waals surface area contributed by atoms with Crippen LogP contribution in [0.3, 0.4) is 0 Å². The number of fused-ring (bicyclic) bond motifs is 1. The lowest BCUT2D eigenvalue weighted by Gasteiger charge is -2.33. The maximum Gasteiger partial charge on any atom is 0.243 e. The van der Waals surface area contributed by atoms with Gasteiger partial charge >= 0.3 is 0 Å². The number of carbonyl (C=O) groups excluding carboxylic acids is 1. The lowest BCUT2D eigenvalue weighted by molar-refractivity contribution is -0.135. The summed E-state index contributed by atoms with van der Waals surface area (Å²) in [5, 5.41) is 0. The first-order chi connectivity index (χ1) is 15.8. The average molecular weight is 475 g/mol. The van der Waals surface area contributed by atoms with E-state index >= 15 is 0 Å². The van der Waals surface area contributed by atoms with Gasteiger partial charge in [-0.2, -0.15) is 4.31 Å². The van der Waals surface area contributed by atoms with Crippen LogP contribution in [0.4, 0.5) is 0 Å². The minimum atomic E-state index is -3.67. The van der Waals surface area contributed by atoms with E-state index in [1.54, 1.807) is 31.2 Å². The van der Waals surface area contributed by atoms with E-state index in [9.17, 15) is 13.2 Å². The number of nitrogens with zero attached hydrogens (tertiary/aromatic N) is 2. The summed E-state index contributed by atoms with van der Waals surface area (Å²) in [5.74, 6) is 1.56. The van der Waals surface area contributed by atoms with Gasteiger partial charge in [0, 0.05) is 44.2 Å². The van der Waals surface area contributed by atoms with Crippen molar-refractivity contribution in [1.29, 1.82) is 0 Å². The molecule has 0 radical (unpaired) electrons. The van der Waals surface area contributed by atoms with Crippen LogP contribution >= 0.6 is 0 Å². The van der Waals surface area contributed by atoms with Crippen molar-refractivity contribution in [3.05, 3.63) is 47.5 Å². The highest BCUT2D eigenvalue weighted by Gasteiger charge is 2.34. The van der Waals surface area contributed by atoms with Gasteiger partial charge in [-0.05, 0) is 38.0 Å². The molecule has 0 spiro atoms. The molecule has 1 fully saturated rings. The standard InChI is InChI=1S/C24H30N2O6S/c1-17-4-6-21(30-3)19(14-17)16-25(2)24(27)18-8-10-26(11-9-18)33(28,29)20-5-7-22-23(15-20)32-13-12-31-22/h4-7,14-15,18H,8-13,16H2,1-3H3. The first kappa shape index (κ1) is 23.4. The van der Waals surface area contributed by atoms with E-state index in [-0.39, 0.29) is 16.7 Å². The third-order valence-corrected chi connectivity index (χ3v) is 8.07. The molecule has 1 saturated heterocycles. The van der Waals surface area contributed by atoms with Crippen molar-refractivity contribution < 1.29 is 27.4 Å².